The van der Waals surface area contributed by atoms with E-state index in [9.17, 15) is 4.79 Å². The minimum Gasteiger partial charge on any atom is -0.457 e. The van der Waals surface area contributed by atoms with Gasteiger partial charge in [0.25, 0.3) is 5.91 Å². The highest BCUT2D eigenvalue weighted by atomic mass is 32.1. The van der Waals surface area contributed by atoms with E-state index in [2.05, 4.69) is 27.7 Å². The number of para-hydroxylation sites is 1. The van der Waals surface area contributed by atoms with Crippen molar-refractivity contribution in [2.75, 3.05) is 32.8 Å². The Morgan fingerprint density at radius 1 is 1.00 bits per heavy atom. The zero-order valence-corrected chi connectivity index (χ0v) is 16.9. The molecule has 1 N–H and O–H groups in total. The van der Waals surface area contributed by atoms with Crippen molar-refractivity contribution in [2.24, 2.45) is 0 Å². The van der Waals surface area contributed by atoms with E-state index in [1.54, 1.807) is 23.5 Å². The highest BCUT2D eigenvalue weighted by Gasteiger charge is 2.24. The number of morpholine rings is 1. The van der Waals surface area contributed by atoms with Crippen molar-refractivity contribution in [1.82, 2.24) is 10.2 Å². The van der Waals surface area contributed by atoms with Crippen LogP contribution in [0.5, 0.6) is 11.5 Å². The zero-order chi connectivity index (χ0) is 19.9. The molecule has 1 aliphatic heterocycles. The molecule has 5 nitrogen and oxygen atoms in total. The van der Waals surface area contributed by atoms with E-state index in [1.165, 1.54) is 4.88 Å². The molecule has 150 valence electrons. The van der Waals surface area contributed by atoms with E-state index in [1.807, 2.05) is 42.5 Å². The lowest BCUT2D eigenvalue weighted by Crippen LogP contribution is -2.43. The molecule has 2 heterocycles. The monoisotopic (exact) mass is 408 g/mol. The van der Waals surface area contributed by atoms with Crippen LogP contribution in [0, 0.1) is 0 Å². The fourth-order valence-electron chi connectivity index (χ4n) is 3.37. The predicted octanol–water partition coefficient (Wildman–Crippen LogP) is 4.34. The molecule has 0 bridgehead atoms. The molecule has 1 saturated heterocycles. The molecule has 2 aromatic carbocycles. The minimum atomic E-state index is -0.0777. The number of rotatable bonds is 7. The van der Waals surface area contributed by atoms with E-state index in [0.29, 0.717) is 17.9 Å². The highest BCUT2D eigenvalue weighted by molar-refractivity contribution is 7.10. The van der Waals surface area contributed by atoms with Gasteiger partial charge in [-0.15, -0.1) is 11.3 Å². The maximum Gasteiger partial charge on any atom is 0.251 e. The molecule has 0 aliphatic carbocycles. The van der Waals surface area contributed by atoms with Crippen LogP contribution in [0.3, 0.4) is 0 Å². The maximum absolute atomic E-state index is 12.7. The number of hydrogen-bond acceptors (Lipinski definition) is 5. The van der Waals surface area contributed by atoms with Gasteiger partial charge in [-0.3, -0.25) is 9.69 Å². The molecule has 1 fully saturated rings. The molecule has 0 saturated carbocycles. The van der Waals surface area contributed by atoms with Gasteiger partial charge < -0.3 is 14.8 Å². The zero-order valence-electron chi connectivity index (χ0n) is 16.1. The second-order valence-corrected chi connectivity index (χ2v) is 7.81. The summed E-state index contributed by atoms with van der Waals surface area (Å²) in [6.07, 6.45) is 0. The maximum atomic E-state index is 12.7. The van der Waals surface area contributed by atoms with Crippen molar-refractivity contribution < 1.29 is 14.3 Å². The smallest absolute Gasteiger partial charge is 0.251 e. The van der Waals surface area contributed by atoms with Gasteiger partial charge >= 0.3 is 0 Å². The van der Waals surface area contributed by atoms with Gasteiger partial charge in [0.15, 0.2) is 0 Å². The standard InChI is InChI=1S/C23H24N2O3S/c26-23(18-8-10-20(11-9-18)28-19-5-2-1-3-6-19)24-17-21(22-7-4-16-29-22)25-12-14-27-15-13-25/h1-11,16,21H,12-15,17H2,(H,24,26). The number of nitrogens with zero attached hydrogens (tertiary/aromatic N) is 1. The summed E-state index contributed by atoms with van der Waals surface area (Å²) < 4.78 is 11.3. The van der Waals surface area contributed by atoms with E-state index >= 15 is 0 Å². The first kappa shape index (κ1) is 19.6. The molecule has 4 rings (SSSR count). The third-order valence-corrected chi connectivity index (χ3v) is 5.88. The van der Waals surface area contributed by atoms with Crippen molar-refractivity contribution in [2.45, 2.75) is 6.04 Å². The van der Waals surface area contributed by atoms with Crippen LogP contribution in [-0.4, -0.2) is 43.7 Å². The SMILES string of the molecule is O=C(NCC(c1cccs1)N1CCOCC1)c1ccc(Oc2ccccc2)cc1. The van der Waals surface area contributed by atoms with Crippen molar-refractivity contribution in [3.05, 3.63) is 82.6 Å². The summed E-state index contributed by atoms with van der Waals surface area (Å²) in [7, 11) is 0. The van der Waals surface area contributed by atoms with Crippen molar-refractivity contribution in [3.8, 4) is 11.5 Å². The van der Waals surface area contributed by atoms with Crippen LogP contribution in [0.15, 0.2) is 72.1 Å². The van der Waals surface area contributed by atoms with Crippen molar-refractivity contribution in [3.63, 3.8) is 0 Å². The first-order chi connectivity index (χ1) is 14.3. The Kier molecular flexibility index (Phi) is 6.56. The summed E-state index contributed by atoms with van der Waals surface area (Å²) in [6, 6.07) is 21.2. The second kappa shape index (κ2) is 9.69. The van der Waals surface area contributed by atoms with Gasteiger partial charge in [0, 0.05) is 30.1 Å². The summed E-state index contributed by atoms with van der Waals surface area (Å²) in [5, 5.41) is 5.18. The Balaban J connectivity index is 1.37. The first-order valence-electron chi connectivity index (χ1n) is 9.76. The van der Waals surface area contributed by atoms with Crippen LogP contribution >= 0.6 is 11.3 Å². The Hall–Kier alpha value is -2.67. The Bertz CT molecular complexity index is 892. The Morgan fingerprint density at radius 3 is 2.41 bits per heavy atom. The third-order valence-electron chi connectivity index (χ3n) is 4.91. The lowest BCUT2D eigenvalue weighted by Gasteiger charge is -2.34. The number of nitrogens with one attached hydrogen (secondary N) is 1. The fourth-order valence-corrected chi connectivity index (χ4v) is 4.23. The molecule has 0 spiro atoms. The molecule has 1 unspecified atom stereocenters. The van der Waals surface area contributed by atoms with E-state index in [4.69, 9.17) is 9.47 Å². The number of benzene rings is 2. The fraction of sp³-hybridized carbons (Fsp3) is 0.261. The largest absolute Gasteiger partial charge is 0.457 e. The van der Waals surface area contributed by atoms with Crippen LogP contribution in [-0.2, 0) is 4.74 Å². The lowest BCUT2D eigenvalue weighted by atomic mass is 10.1. The highest BCUT2D eigenvalue weighted by Crippen LogP contribution is 2.26. The number of thiophene rings is 1. The molecular weight excluding hydrogens is 384 g/mol. The number of amides is 1. The van der Waals surface area contributed by atoms with Gasteiger partial charge in [-0.05, 0) is 47.8 Å². The van der Waals surface area contributed by atoms with Gasteiger partial charge in [-0.2, -0.15) is 0 Å². The van der Waals surface area contributed by atoms with E-state index < -0.39 is 0 Å². The summed E-state index contributed by atoms with van der Waals surface area (Å²) in [6.45, 7) is 3.80. The summed E-state index contributed by atoms with van der Waals surface area (Å²) >= 11 is 1.72. The lowest BCUT2D eigenvalue weighted by molar-refractivity contribution is 0.0169. The molecule has 1 amide bonds. The number of carbonyl (C=O) groups excluding carboxylic acids is 1. The number of hydrogen-bond donors (Lipinski definition) is 1. The summed E-state index contributed by atoms with van der Waals surface area (Å²) in [5.74, 6) is 1.40. The van der Waals surface area contributed by atoms with Crippen LogP contribution < -0.4 is 10.1 Å². The van der Waals surface area contributed by atoms with Crippen molar-refractivity contribution in [1.29, 1.82) is 0 Å². The van der Waals surface area contributed by atoms with Gasteiger partial charge in [-0.25, -0.2) is 0 Å². The summed E-state index contributed by atoms with van der Waals surface area (Å²) in [4.78, 5) is 16.3. The third kappa shape index (κ3) is 5.23. The van der Waals surface area contributed by atoms with Gasteiger partial charge in [0.2, 0.25) is 0 Å². The molecular formula is C23H24N2O3S. The first-order valence-corrected chi connectivity index (χ1v) is 10.6. The molecule has 1 atom stereocenters. The molecule has 1 aromatic heterocycles. The van der Waals surface area contributed by atoms with Crippen LogP contribution in [0.2, 0.25) is 0 Å². The van der Waals surface area contributed by atoms with Crippen LogP contribution in [0.1, 0.15) is 21.3 Å². The Labute approximate surface area is 174 Å². The molecule has 3 aromatic rings. The number of ether oxygens (including phenoxy) is 2. The molecule has 29 heavy (non-hydrogen) atoms. The predicted molar refractivity (Wildman–Crippen MR) is 115 cm³/mol. The topological polar surface area (TPSA) is 50.8 Å². The van der Waals surface area contributed by atoms with Gasteiger partial charge in [0.05, 0.1) is 19.3 Å². The molecule has 6 heteroatoms. The van der Waals surface area contributed by atoms with Gasteiger partial charge in [0.1, 0.15) is 11.5 Å². The van der Waals surface area contributed by atoms with Gasteiger partial charge in [-0.1, -0.05) is 24.3 Å². The van der Waals surface area contributed by atoms with Crippen LogP contribution in [0.25, 0.3) is 0 Å². The average molecular weight is 409 g/mol. The number of carbonyl (C=O) groups is 1. The minimum absolute atomic E-state index is 0.0777. The van der Waals surface area contributed by atoms with Crippen LogP contribution in [0.4, 0.5) is 0 Å². The molecule has 1 aliphatic rings. The summed E-state index contributed by atoms with van der Waals surface area (Å²) in [5.41, 5.74) is 0.623. The second-order valence-electron chi connectivity index (χ2n) is 6.83. The van der Waals surface area contributed by atoms with E-state index in [0.717, 1.165) is 32.1 Å². The van der Waals surface area contributed by atoms with Crippen molar-refractivity contribution >= 4 is 17.2 Å². The molecule has 0 radical (unpaired) electrons. The Morgan fingerprint density at radius 2 is 1.72 bits per heavy atom. The normalized spacial score (nSPS) is 15.6. The van der Waals surface area contributed by atoms with E-state index in [-0.39, 0.29) is 11.9 Å². The average Bonchev–Trinajstić information content (AvgIpc) is 3.30. The quantitative estimate of drug-likeness (QED) is 0.632.